The first-order valence-electron chi connectivity index (χ1n) is 6.22. The van der Waals surface area contributed by atoms with Crippen LogP contribution in [-0.4, -0.2) is 30.9 Å². The molecule has 0 spiro atoms. The van der Waals surface area contributed by atoms with Crippen molar-refractivity contribution in [2.75, 3.05) is 12.3 Å². The van der Waals surface area contributed by atoms with Gasteiger partial charge in [-0.25, -0.2) is 9.13 Å². The lowest BCUT2D eigenvalue weighted by Crippen LogP contribution is -2.33. The summed E-state index contributed by atoms with van der Waals surface area (Å²) in [6.45, 7) is 0.490. The molecule has 2 aromatic heterocycles. The lowest BCUT2D eigenvalue weighted by molar-refractivity contribution is -0.674. The molecule has 0 unspecified atom stereocenters. The number of nitrogens with two attached hydrogens (primary N) is 1. The maximum Gasteiger partial charge on any atom is 0.469 e. The number of nitrogen functional groups attached to an aromatic ring is 1. The van der Waals surface area contributed by atoms with Crippen molar-refractivity contribution < 1.29 is 23.4 Å². The van der Waals surface area contributed by atoms with Gasteiger partial charge >= 0.3 is 13.5 Å². The SMILES string of the molecule is Cn1c[n+](CCCCOP(=O)(O)O)c2nc(N)[nH]c(=O)c21. The molecule has 11 heteroatoms. The molecule has 0 aliphatic rings. The first-order chi connectivity index (χ1) is 9.78. The highest BCUT2D eigenvalue weighted by Gasteiger charge is 2.19. The van der Waals surface area contributed by atoms with Crippen LogP contribution in [0.5, 0.6) is 0 Å². The summed E-state index contributed by atoms with van der Waals surface area (Å²) < 4.78 is 18.3. The molecule has 0 fully saturated rings. The average Bonchev–Trinajstić information content (AvgIpc) is 2.64. The minimum atomic E-state index is -4.41. The third-order valence-electron chi connectivity index (χ3n) is 2.88. The molecule has 116 valence electrons. The Bertz CT molecular complexity index is 748. The Morgan fingerprint density at radius 3 is 2.90 bits per heavy atom. The number of hydrogen-bond donors (Lipinski definition) is 4. The number of nitrogens with zero attached hydrogens (tertiary/aromatic N) is 3. The first kappa shape index (κ1) is 15.6. The molecule has 0 bridgehead atoms. The molecule has 0 saturated heterocycles. The van der Waals surface area contributed by atoms with Crippen LogP contribution in [0.2, 0.25) is 0 Å². The summed E-state index contributed by atoms with van der Waals surface area (Å²) in [5, 5.41) is 0. The predicted molar refractivity (Wildman–Crippen MR) is 73.2 cm³/mol. The Kier molecular flexibility index (Phi) is 4.43. The third kappa shape index (κ3) is 3.88. The zero-order chi connectivity index (χ0) is 15.6. The van der Waals surface area contributed by atoms with Crippen molar-refractivity contribution in [2.24, 2.45) is 7.05 Å². The summed E-state index contributed by atoms with van der Waals surface area (Å²) in [6.07, 6.45) is 2.79. The van der Waals surface area contributed by atoms with Gasteiger partial charge in [0.25, 0.3) is 11.5 Å². The molecule has 10 nitrogen and oxygen atoms in total. The predicted octanol–water partition coefficient (Wildman–Crippen LogP) is -0.979. The smallest absolute Gasteiger partial charge is 0.355 e. The molecule has 5 N–H and O–H groups in total. The third-order valence-corrected chi connectivity index (χ3v) is 3.40. The van der Waals surface area contributed by atoms with Crippen molar-refractivity contribution in [3.63, 3.8) is 0 Å². The summed E-state index contributed by atoms with van der Waals surface area (Å²) in [5.74, 6) is 0.0392. The van der Waals surface area contributed by atoms with Gasteiger partial charge < -0.3 is 15.5 Å². The van der Waals surface area contributed by atoms with Crippen LogP contribution in [0.25, 0.3) is 11.2 Å². The molecule has 0 aliphatic heterocycles. The Morgan fingerprint density at radius 2 is 2.24 bits per heavy atom. The Morgan fingerprint density at radius 1 is 1.52 bits per heavy atom. The van der Waals surface area contributed by atoms with Crippen molar-refractivity contribution >= 4 is 24.9 Å². The van der Waals surface area contributed by atoms with Gasteiger partial charge in [-0.15, -0.1) is 0 Å². The van der Waals surface area contributed by atoms with E-state index in [9.17, 15) is 9.36 Å². The fourth-order valence-corrected chi connectivity index (χ4v) is 2.41. The van der Waals surface area contributed by atoms with E-state index < -0.39 is 7.82 Å². The van der Waals surface area contributed by atoms with Gasteiger partial charge in [0.2, 0.25) is 5.52 Å². The Labute approximate surface area is 119 Å². The Balaban J connectivity index is 2.06. The van der Waals surface area contributed by atoms with Gasteiger partial charge in [-0.05, 0) is 12.8 Å². The normalized spacial score (nSPS) is 12.1. The maximum atomic E-state index is 11.8. The Hall–Kier alpha value is -1.74. The van der Waals surface area contributed by atoms with Crippen LogP contribution >= 0.6 is 7.82 Å². The molecule has 2 heterocycles. The van der Waals surface area contributed by atoms with E-state index in [-0.39, 0.29) is 18.1 Å². The highest BCUT2D eigenvalue weighted by molar-refractivity contribution is 7.46. The molecular weight excluding hydrogens is 301 g/mol. The fourth-order valence-electron chi connectivity index (χ4n) is 2.04. The topological polar surface area (TPSA) is 147 Å². The largest absolute Gasteiger partial charge is 0.469 e. The minimum absolute atomic E-state index is 0.0360. The molecule has 0 radical (unpaired) electrons. The second-order valence-corrected chi connectivity index (χ2v) is 5.81. The number of fused-ring (bicyclic) bond motifs is 1. The van der Waals surface area contributed by atoms with Crippen LogP contribution < -0.4 is 15.9 Å². The second kappa shape index (κ2) is 5.94. The number of aryl methyl sites for hydroxylation is 2. The van der Waals surface area contributed by atoms with E-state index in [4.69, 9.17) is 15.5 Å². The number of hydrogen-bond acceptors (Lipinski definition) is 5. The molecule has 0 atom stereocenters. The number of imidazole rings is 1. The number of aromatic nitrogens is 4. The summed E-state index contributed by atoms with van der Waals surface area (Å²) in [6, 6.07) is 0. The van der Waals surface area contributed by atoms with E-state index in [1.807, 2.05) is 0 Å². The van der Waals surface area contributed by atoms with Crippen LogP contribution in [0.4, 0.5) is 5.95 Å². The number of unbranched alkanes of at least 4 members (excludes halogenated alkanes) is 1. The standard InChI is InChI=1S/C10H16N5O5P/c1-14-6-15(4-2-3-5-20-21(17,18)19)8-7(14)9(16)13-10(11)12-8/h6H,2-5H2,1H3,(H4-,11,12,13,16,17,18,19)/p+1. The van der Waals surface area contributed by atoms with Gasteiger partial charge in [-0.2, -0.15) is 0 Å². The first-order valence-corrected chi connectivity index (χ1v) is 7.75. The van der Waals surface area contributed by atoms with Crippen LogP contribution in [0.3, 0.4) is 0 Å². The maximum absolute atomic E-state index is 11.8. The number of nitrogens with one attached hydrogen (secondary N) is 1. The summed E-state index contributed by atoms with van der Waals surface area (Å²) >= 11 is 0. The van der Waals surface area contributed by atoms with Gasteiger partial charge in [-0.1, -0.05) is 4.98 Å². The van der Waals surface area contributed by atoms with Gasteiger partial charge in [0, 0.05) is 0 Å². The summed E-state index contributed by atoms with van der Waals surface area (Å²) in [4.78, 5) is 35.5. The lowest BCUT2D eigenvalue weighted by atomic mass is 10.3. The molecule has 2 aromatic rings. The van der Waals surface area contributed by atoms with Gasteiger partial charge in [0.15, 0.2) is 6.33 Å². The van der Waals surface area contributed by atoms with E-state index in [2.05, 4.69) is 14.5 Å². The molecule has 0 aromatic carbocycles. The van der Waals surface area contributed by atoms with E-state index in [0.717, 1.165) is 0 Å². The summed E-state index contributed by atoms with van der Waals surface area (Å²) in [5.41, 5.74) is 6.10. The molecule has 21 heavy (non-hydrogen) atoms. The molecular formula is C10H17N5O5P+. The minimum Gasteiger partial charge on any atom is -0.355 e. The van der Waals surface area contributed by atoms with Gasteiger partial charge in [0.05, 0.1) is 20.2 Å². The van der Waals surface area contributed by atoms with E-state index in [1.54, 1.807) is 22.5 Å². The van der Waals surface area contributed by atoms with Crippen molar-refractivity contribution in [1.82, 2.24) is 14.5 Å². The van der Waals surface area contributed by atoms with Gasteiger partial charge in [0.1, 0.15) is 0 Å². The second-order valence-electron chi connectivity index (χ2n) is 4.57. The number of anilines is 1. The lowest BCUT2D eigenvalue weighted by Gasteiger charge is -2.04. The van der Waals surface area contributed by atoms with Crippen molar-refractivity contribution in [1.29, 1.82) is 0 Å². The van der Waals surface area contributed by atoms with Crippen molar-refractivity contribution in [3.8, 4) is 0 Å². The summed E-state index contributed by atoms with van der Waals surface area (Å²) in [7, 11) is -2.69. The van der Waals surface area contributed by atoms with Crippen LogP contribution in [-0.2, 0) is 22.7 Å². The number of phosphoric acid groups is 1. The zero-order valence-corrected chi connectivity index (χ0v) is 12.3. The number of aromatic amines is 1. The zero-order valence-electron chi connectivity index (χ0n) is 11.4. The number of rotatable bonds is 6. The van der Waals surface area contributed by atoms with Crippen molar-refractivity contribution in [3.05, 3.63) is 16.7 Å². The highest BCUT2D eigenvalue weighted by atomic mass is 31.2. The fraction of sp³-hybridized carbons (Fsp3) is 0.500. The highest BCUT2D eigenvalue weighted by Crippen LogP contribution is 2.35. The van der Waals surface area contributed by atoms with Crippen LogP contribution in [0.15, 0.2) is 11.1 Å². The van der Waals surface area contributed by atoms with Crippen molar-refractivity contribution in [2.45, 2.75) is 19.4 Å². The quantitative estimate of drug-likeness (QED) is 0.304. The molecule has 0 aliphatic carbocycles. The monoisotopic (exact) mass is 318 g/mol. The molecule has 0 saturated carbocycles. The molecule has 2 rings (SSSR count). The van der Waals surface area contributed by atoms with Crippen LogP contribution in [0, 0.1) is 0 Å². The van der Waals surface area contributed by atoms with E-state index in [1.165, 1.54) is 0 Å². The van der Waals surface area contributed by atoms with E-state index in [0.29, 0.717) is 30.6 Å². The number of H-pyrrole nitrogens is 1. The van der Waals surface area contributed by atoms with E-state index >= 15 is 0 Å². The van der Waals surface area contributed by atoms with Crippen LogP contribution in [0.1, 0.15) is 12.8 Å². The molecule has 0 amide bonds. The number of phosphoric ester groups is 1. The van der Waals surface area contributed by atoms with Gasteiger partial charge in [-0.3, -0.25) is 18.9 Å². The average molecular weight is 318 g/mol.